The van der Waals surface area contributed by atoms with Crippen LogP contribution in [0.15, 0.2) is 10.2 Å². The predicted molar refractivity (Wildman–Crippen MR) is 89.6 cm³/mol. The van der Waals surface area contributed by atoms with Crippen LogP contribution in [0.2, 0.25) is 0 Å². The van der Waals surface area contributed by atoms with E-state index >= 15 is 0 Å². The number of hydrogen-bond acceptors (Lipinski definition) is 10. The van der Waals surface area contributed by atoms with Crippen LogP contribution in [0.1, 0.15) is 55.4 Å². The molecule has 0 aliphatic heterocycles. The molecule has 0 aromatic rings. The number of azo groups is 1. The van der Waals surface area contributed by atoms with Gasteiger partial charge >= 0.3 is 12.3 Å². The van der Waals surface area contributed by atoms with Gasteiger partial charge in [-0.2, -0.15) is 40.1 Å². The first-order valence-electron chi connectivity index (χ1n) is 7.77. The standard InChI is InChI=1S/C8H12N4.C8H14O6/c1-7(2,5-9)11-12-8(3,4)6-10;1-5(2)11-7(9)13-14-8(10)12-6(3)4/h1-4H3;5-6H,1-4H3. The second kappa shape index (κ2) is 11.6. The van der Waals surface area contributed by atoms with E-state index in [1.165, 1.54) is 0 Å². The molecular formula is C16H26N4O6. The molecule has 0 aliphatic rings. The highest BCUT2D eigenvalue weighted by Crippen LogP contribution is 2.13. The summed E-state index contributed by atoms with van der Waals surface area (Å²) in [6, 6.07) is 3.94. The molecule has 10 heteroatoms. The van der Waals surface area contributed by atoms with Crippen molar-refractivity contribution < 1.29 is 28.8 Å². The maximum Gasteiger partial charge on any atom is 0.550 e. The van der Waals surface area contributed by atoms with Gasteiger partial charge in [-0.1, -0.05) is 0 Å². The van der Waals surface area contributed by atoms with Gasteiger partial charge in [-0.25, -0.2) is 0 Å². The molecule has 0 saturated heterocycles. The largest absolute Gasteiger partial charge is 0.550 e. The number of rotatable bonds is 4. The molecule has 0 unspecified atom stereocenters. The SMILES string of the molecule is CC(C)(C#N)N=NC(C)(C)C#N.CC(C)OC(=O)OOC(=O)OC(C)C. The molecule has 0 aromatic heterocycles. The van der Waals surface area contributed by atoms with E-state index in [1.807, 2.05) is 12.1 Å². The average Bonchev–Trinajstić information content (AvgIpc) is 2.51. The zero-order valence-corrected chi connectivity index (χ0v) is 16.4. The Morgan fingerprint density at radius 2 is 1.04 bits per heavy atom. The molecule has 0 saturated carbocycles. The predicted octanol–water partition coefficient (Wildman–Crippen LogP) is 4.07. The first-order valence-corrected chi connectivity index (χ1v) is 7.77. The van der Waals surface area contributed by atoms with Crippen LogP contribution in [-0.4, -0.2) is 35.6 Å². The minimum Gasteiger partial charge on any atom is -0.429 e. The van der Waals surface area contributed by atoms with Crippen molar-refractivity contribution in [2.24, 2.45) is 10.2 Å². The van der Waals surface area contributed by atoms with Gasteiger partial charge in [-0.3, -0.25) is 0 Å². The molecular weight excluding hydrogens is 344 g/mol. The van der Waals surface area contributed by atoms with Crippen molar-refractivity contribution >= 4 is 12.3 Å². The van der Waals surface area contributed by atoms with Gasteiger partial charge in [0.1, 0.15) is 0 Å². The van der Waals surface area contributed by atoms with Crippen LogP contribution in [-0.2, 0) is 19.2 Å². The maximum absolute atomic E-state index is 10.7. The zero-order valence-electron chi connectivity index (χ0n) is 16.4. The van der Waals surface area contributed by atoms with Crippen LogP contribution in [0.25, 0.3) is 0 Å². The maximum atomic E-state index is 10.7. The molecule has 0 bridgehead atoms. The molecule has 0 radical (unpaired) electrons. The fourth-order valence-electron chi connectivity index (χ4n) is 0.787. The van der Waals surface area contributed by atoms with Gasteiger partial charge in [0.2, 0.25) is 0 Å². The monoisotopic (exact) mass is 370 g/mol. The molecule has 0 aromatic carbocycles. The number of hydrogen-bond donors (Lipinski definition) is 0. The third kappa shape index (κ3) is 16.0. The van der Waals surface area contributed by atoms with Crippen molar-refractivity contribution in [2.45, 2.75) is 78.7 Å². The first-order chi connectivity index (χ1) is 11.7. The van der Waals surface area contributed by atoms with Gasteiger partial charge in [-0.15, -0.1) is 0 Å². The topological polar surface area (TPSA) is 143 Å². The molecule has 0 spiro atoms. The number of nitriles is 2. The smallest absolute Gasteiger partial charge is 0.429 e. The summed E-state index contributed by atoms with van der Waals surface area (Å²) in [5.41, 5.74) is -1.68. The molecule has 0 N–H and O–H groups in total. The van der Waals surface area contributed by atoms with Crippen LogP contribution in [0.5, 0.6) is 0 Å². The summed E-state index contributed by atoms with van der Waals surface area (Å²) in [5, 5.41) is 24.7. The van der Waals surface area contributed by atoms with Crippen molar-refractivity contribution in [3.8, 4) is 12.1 Å². The molecule has 26 heavy (non-hydrogen) atoms. The molecule has 0 heterocycles. The second-order valence-electron chi connectivity index (χ2n) is 6.54. The van der Waals surface area contributed by atoms with E-state index in [-0.39, 0.29) is 12.2 Å². The Hall–Kier alpha value is -2.88. The van der Waals surface area contributed by atoms with E-state index in [2.05, 4.69) is 29.5 Å². The van der Waals surface area contributed by atoms with Crippen LogP contribution < -0.4 is 0 Å². The van der Waals surface area contributed by atoms with Gasteiger partial charge in [-0.05, 0) is 55.4 Å². The summed E-state index contributed by atoms with van der Waals surface area (Å²) in [6.45, 7) is 13.1. The number of ether oxygens (including phenoxy) is 2. The fraction of sp³-hybridized carbons (Fsp3) is 0.750. The van der Waals surface area contributed by atoms with Gasteiger partial charge in [0.25, 0.3) is 0 Å². The van der Waals surface area contributed by atoms with Crippen molar-refractivity contribution in [1.29, 1.82) is 10.5 Å². The van der Waals surface area contributed by atoms with Crippen LogP contribution in [0, 0.1) is 22.7 Å². The minimum absolute atomic E-state index is 0.341. The zero-order chi connectivity index (χ0) is 21.0. The normalized spacial score (nSPS) is 11.1. The average molecular weight is 370 g/mol. The lowest BCUT2D eigenvalue weighted by molar-refractivity contribution is -0.222. The van der Waals surface area contributed by atoms with Crippen molar-refractivity contribution in [3.63, 3.8) is 0 Å². The molecule has 146 valence electrons. The molecule has 10 nitrogen and oxygen atoms in total. The van der Waals surface area contributed by atoms with E-state index in [4.69, 9.17) is 10.5 Å². The highest BCUT2D eigenvalue weighted by Gasteiger charge is 2.19. The Bertz CT molecular complexity index is 520. The third-order valence-electron chi connectivity index (χ3n) is 1.94. The Kier molecular flexibility index (Phi) is 11.3. The van der Waals surface area contributed by atoms with Crippen molar-refractivity contribution in [2.75, 3.05) is 0 Å². The van der Waals surface area contributed by atoms with Crippen molar-refractivity contribution in [1.82, 2.24) is 0 Å². The lowest BCUT2D eigenvalue weighted by Gasteiger charge is -2.11. The van der Waals surface area contributed by atoms with E-state index < -0.39 is 23.4 Å². The molecule has 0 fully saturated rings. The molecule has 0 amide bonds. The summed E-state index contributed by atoms with van der Waals surface area (Å²) in [5.74, 6) is 0. The summed E-state index contributed by atoms with van der Waals surface area (Å²) >= 11 is 0. The summed E-state index contributed by atoms with van der Waals surface area (Å²) in [7, 11) is 0. The lowest BCUT2D eigenvalue weighted by Crippen LogP contribution is -2.18. The van der Waals surface area contributed by atoms with Gasteiger partial charge in [0.05, 0.1) is 24.3 Å². The van der Waals surface area contributed by atoms with Crippen molar-refractivity contribution in [3.05, 3.63) is 0 Å². The highest BCUT2D eigenvalue weighted by atomic mass is 17.3. The molecule has 0 atom stereocenters. The first kappa shape index (κ1) is 25.4. The van der Waals surface area contributed by atoms with E-state index in [0.29, 0.717) is 0 Å². The highest BCUT2D eigenvalue weighted by molar-refractivity contribution is 5.63. The lowest BCUT2D eigenvalue weighted by atomic mass is 10.1. The van der Waals surface area contributed by atoms with Gasteiger partial charge < -0.3 is 9.47 Å². The number of nitrogens with zero attached hydrogens (tertiary/aromatic N) is 4. The Balaban J connectivity index is 0. The van der Waals surface area contributed by atoms with Crippen LogP contribution in [0.3, 0.4) is 0 Å². The summed E-state index contributed by atoms with van der Waals surface area (Å²) in [6.07, 6.45) is -2.85. The van der Waals surface area contributed by atoms with E-state index in [1.54, 1.807) is 55.4 Å². The van der Waals surface area contributed by atoms with E-state index in [0.717, 1.165) is 0 Å². The fourth-order valence-corrected chi connectivity index (χ4v) is 0.787. The Morgan fingerprint density at radius 3 is 1.23 bits per heavy atom. The van der Waals surface area contributed by atoms with E-state index in [9.17, 15) is 9.59 Å². The minimum atomic E-state index is -1.08. The third-order valence-corrected chi connectivity index (χ3v) is 1.94. The summed E-state index contributed by atoms with van der Waals surface area (Å²) in [4.78, 5) is 29.3. The van der Waals surface area contributed by atoms with Crippen LogP contribution in [0.4, 0.5) is 9.59 Å². The quantitative estimate of drug-likeness (QED) is 0.312. The van der Waals surface area contributed by atoms with Crippen LogP contribution >= 0.6 is 0 Å². The summed E-state index contributed by atoms with van der Waals surface area (Å²) < 4.78 is 9.02. The molecule has 0 rings (SSSR count). The number of carbonyl (C=O) groups excluding carboxylic acids is 2. The van der Waals surface area contributed by atoms with Gasteiger partial charge in [0, 0.05) is 0 Å². The van der Waals surface area contributed by atoms with Gasteiger partial charge in [0.15, 0.2) is 11.1 Å². The number of carbonyl (C=O) groups is 2. The molecule has 0 aliphatic carbocycles. The Morgan fingerprint density at radius 1 is 0.769 bits per heavy atom. The second-order valence-corrected chi connectivity index (χ2v) is 6.54. The Labute approximate surface area is 153 Å².